The lowest BCUT2D eigenvalue weighted by Gasteiger charge is -2.16. The van der Waals surface area contributed by atoms with Gasteiger partial charge in [-0.25, -0.2) is 0 Å². The molecule has 0 saturated carbocycles. The highest BCUT2D eigenvalue weighted by Crippen LogP contribution is 2.22. The molecule has 0 heterocycles. The first-order chi connectivity index (χ1) is 10.6. The van der Waals surface area contributed by atoms with Crippen molar-refractivity contribution in [3.8, 4) is 0 Å². The SMILES string of the molecule is CC(Cc1ccccc1)C(=O)NCC(O)c1ccccc1Cl. The monoisotopic (exact) mass is 317 g/mol. The minimum absolute atomic E-state index is 0.0741. The van der Waals surface area contributed by atoms with Crippen LogP contribution < -0.4 is 5.32 Å². The Hall–Kier alpha value is -1.84. The quantitative estimate of drug-likeness (QED) is 0.858. The molecule has 2 unspecified atom stereocenters. The van der Waals surface area contributed by atoms with Gasteiger partial charge in [-0.05, 0) is 18.1 Å². The lowest BCUT2D eigenvalue weighted by Crippen LogP contribution is -2.33. The van der Waals surface area contributed by atoms with E-state index in [4.69, 9.17) is 11.6 Å². The Morgan fingerprint density at radius 3 is 2.45 bits per heavy atom. The zero-order valence-corrected chi connectivity index (χ0v) is 13.3. The van der Waals surface area contributed by atoms with E-state index in [0.717, 1.165) is 5.56 Å². The van der Waals surface area contributed by atoms with E-state index in [2.05, 4.69) is 5.32 Å². The van der Waals surface area contributed by atoms with E-state index in [-0.39, 0.29) is 18.4 Å². The normalized spacial score (nSPS) is 13.4. The van der Waals surface area contributed by atoms with Crippen molar-refractivity contribution in [2.45, 2.75) is 19.4 Å². The minimum Gasteiger partial charge on any atom is -0.387 e. The standard InChI is InChI=1S/C18H20ClNO2/c1-13(11-14-7-3-2-4-8-14)18(22)20-12-17(21)15-9-5-6-10-16(15)19/h2-10,13,17,21H,11-12H2,1H3,(H,20,22). The maximum Gasteiger partial charge on any atom is 0.223 e. The van der Waals surface area contributed by atoms with Gasteiger partial charge in [-0.1, -0.05) is 67.1 Å². The van der Waals surface area contributed by atoms with E-state index in [9.17, 15) is 9.90 Å². The topological polar surface area (TPSA) is 49.3 Å². The number of benzene rings is 2. The van der Waals surface area contributed by atoms with Gasteiger partial charge in [0.15, 0.2) is 0 Å². The Morgan fingerprint density at radius 1 is 1.14 bits per heavy atom. The van der Waals surface area contributed by atoms with E-state index in [1.807, 2.05) is 43.3 Å². The van der Waals surface area contributed by atoms with Crippen molar-refractivity contribution < 1.29 is 9.90 Å². The Morgan fingerprint density at radius 2 is 1.77 bits per heavy atom. The van der Waals surface area contributed by atoms with Crippen LogP contribution in [0.2, 0.25) is 5.02 Å². The largest absolute Gasteiger partial charge is 0.387 e. The van der Waals surface area contributed by atoms with Gasteiger partial charge in [0.2, 0.25) is 5.91 Å². The minimum atomic E-state index is -0.804. The molecule has 0 saturated heterocycles. The first-order valence-corrected chi connectivity index (χ1v) is 7.70. The van der Waals surface area contributed by atoms with Crippen LogP contribution >= 0.6 is 11.6 Å². The van der Waals surface area contributed by atoms with Crippen LogP contribution in [0.5, 0.6) is 0 Å². The third kappa shape index (κ3) is 4.58. The lowest BCUT2D eigenvalue weighted by molar-refractivity contribution is -0.124. The fourth-order valence-corrected chi connectivity index (χ4v) is 2.55. The molecular weight excluding hydrogens is 298 g/mol. The fraction of sp³-hybridized carbons (Fsp3) is 0.278. The van der Waals surface area contributed by atoms with Crippen molar-refractivity contribution in [1.82, 2.24) is 5.32 Å². The third-order valence-electron chi connectivity index (χ3n) is 3.57. The summed E-state index contributed by atoms with van der Waals surface area (Å²) in [5, 5.41) is 13.4. The number of carbonyl (C=O) groups is 1. The predicted molar refractivity (Wildman–Crippen MR) is 88.7 cm³/mol. The van der Waals surface area contributed by atoms with Crippen LogP contribution in [-0.4, -0.2) is 17.6 Å². The molecule has 0 spiro atoms. The number of nitrogens with one attached hydrogen (secondary N) is 1. The molecule has 2 N–H and O–H groups in total. The zero-order chi connectivity index (χ0) is 15.9. The summed E-state index contributed by atoms with van der Waals surface area (Å²) in [6, 6.07) is 17.0. The van der Waals surface area contributed by atoms with Gasteiger partial charge in [0.1, 0.15) is 0 Å². The van der Waals surface area contributed by atoms with Crippen LogP contribution in [0.3, 0.4) is 0 Å². The van der Waals surface area contributed by atoms with Gasteiger partial charge in [-0.15, -0.1) is 0 Å². The number of hydrogen-bond donors (Lipinski definition) is 2. The van der Waals surface area contributed by atoms with Crippen molar-refractivity contribution in [3.05, 3.63) is 70.7 Å². The molecule has 1 amide bonds. The van der Waals surface area contributed by atoms with Crippen molar-refractivity contribution in [1.29, 1.82) is 0 Å². The van der Waals surface area contributed by atoms with Gasteiger partial charge < -0.3 is 10.4 Å². The van der Waals surface area contributed by atoms with Crippen LogP contribution in [0.15, 0.2) is 54.6 Å². The number of halogens is 1. The van der Waals surface area contributed by atoms with E-state index in [1.165, 1.54) is 0 Å². The molecule has 0 aliphatic heterocycles. The van der Waals surface area contributed by atoms with E-state index in [1.54, 1.807) is 18.2 Å². The van der Waals surface area contributed by atoms with Gasteiger partial charge in [-0.2, -0.15) is 0 Å². The van der Waals surface area contributed by atoms with Gasteiger partial charge in [0.25, 0.3) is 0 Å². The van der Waals surface area contributed by atoms with Crippen molar-refractivity contribution in [2.75, 3.05) is 6.54 Å². The van der Waals surface area contributed by atoms with Crippen molar-refractivity contribution >= 4 is 17.5 Å². The fourth-order valence-electron chi connectivity index (χ4n) is 2.29. The number of hydrogen-bond acceptors (Lipinski definition) is 2. The number of carbonyl (C=O) groups excluding carboxylic acids is 1. The van der Waals surface area contributed by atoms with E-state index >= 15 is 0 Å². The highest BCUT2D eigenvalue weighted by atomic mass is 35.5. The second-order valence-corrected chi connectivity index (χ2v) is 5.78. The summed E-state index contributed by atoms with van der Waals surface area (Å²) in [6.07, 6.45) is -0.129. The second kappa shape index (κ2) is 7.97. The molecule has 4 heteroatoms. The third-order valence-corrected chi connectivity index (χ3v) is 3.91. The molecule has 22 heavy (non-hydrogen) atoms. The average molecular weight is 318 g/mol. The summed E-state index contributed by atoms with van der Waals surface area (Å²) in [4.78, 5) is 12.1. The molecule has 2 rings (SSSR count). The Labute approximate surface area is 135 Å². The van der Waals surface area contributed by atoms with E-state index in [0.29, 0.717) is 17.0 Å². The number of rotatable bonds is 6. The molecule has 0 aromatic heterocycles. The van der Waals surface area contributed by atoms with Crippen molar-refractivity contribution in [3.63, 3.8) is 0 Å². The molecule has 2 atom stereocenters. The Balaban J connectivity index is 1.86. The molecule has 0 bridgehead atoms. The first-order valence-electron chi connectivity index (χ1n) is 7.32. The summed E-state index contributed by atoms with van der Waals surface area (Å²) in [7, 11) is 0. The summed E-state index contributed by atoms with van der Waals surface area (Å²) in [6.45, 7) is 2.03. The molecule has 0 fully saturated rings. The average Bonchev–Trinajstić information content (AvgIpc) is 2.53. The Kier molecular flexibility index (Phi) is 5.99. The first kappa shape index (κ1) is 16.5. The van der Waals surface area contributed by atoms with Gasteiger partial charge in [-0.3, -0.25) is 4.79 Å². The number of aliphatic hydroxyl groups is 1. The highest BCUT2D eigenvalue weighted by molar-refractivity contribution is 6.31. The zero-order valence-electron chi connectivity index (χ0n) is 12.5. The number of amides is 1. The summed E-state index contributed by atoms with van der Waals surface area (Å²) < 4.78 is 0. The van der Waals surface area contributed by atoms with Gasteiger partial charge in [0, 0.05) is 23.0 Å². The molecular formula is C18H20ClNO2. The molecule has 3 nitrogen and oxygen atoms in total. The highest BCUT2D eigenvalue weighted by Gasteiger charge is 2.16. The van der Waals surface area contributed by atoms with Gasteiger partial charge >= 0.3 is 0 Å². The summed E-state index contributed by atoms with van der Waals surface area (Å²) >= 11 is 6.03. The molecule has 0 radical (unpaired) electrons. The van der Waals surface area contributed by atoms with Crippen LogP contribution in [0.25, 0.3) is 0 Å². The lowest BCUT2D eigenvalue weighted by atomic mass is 10.0. The molecule has 0 aliphatic rings. The van der Waals surface area contributed by atoms with E-state index < -0.39 is 6.10 Å². The number of aliphatic hydroxyl groups excluding tert-OH is 1. The molecule has 2 aromatic carbocycles. The smallest absolute Gasteiger partial charge is 0.223 e. The van der Waals surface area contributed by atoms with Crippen LogP contribution in [0, 0.1) is 5.92 Å². The molecule has 116 valence electrons. The van der Waals surface area contributed by atoms with Crippen LogP contribution in [0.1, 0.15) is 24.2 Å². The second-order valence-electron chi connectivity index (χ2n) is 5.37. The summed E-state index contributed by atoms with van der Waals surface area (Å²) in [5.41, 5.74) is 1.75. The molecule has 2 aromatic rings. The Bertz CT molecular complexity index is 615. The van der Waals surface area contributed by atoms with Crippen molar-refractivity contribution in [2.24, 2.45) is 5.92 Å². The maximum absolute atomic E-state index is 12.1. The predicted octanol–water partition coefficient (Wildman–Crippen LogP) is 3.37. The maximum atomic E-state index is 12.1. The summed E-state index contributed by atoms with van der Waals surface area (Å²) in [5.74, 6) is -0.226. The van der Waals surface area contributed by atoms with Crippen LogP contribution in [-0.2, 0) is 11.2 Å². The molecule has 0 aliphatic carbocycles. The van der Waals surface area contributed by atoms with Gasteiger partial charge in [0.05, 0.1) is 6.10 Å². The van der Waals surface area contributed by atoms with Crippen LogP contribution in [0.4, 0.5) is 0 Å².